The lowest BCUT2D eigenvalue weighted by Crippen LogP contribution is -2.52. The Balaban J connectivity index is 1.66. The number of benzene rings is 1. The fourth-order valence-corrected chi connectivity index (χ4v) is 5.06. The summed E-state index contributed by atoms with van der Waals surface area (Å²) < 4.78 is 44.4. The second-order valence-electron chi connectivity index (χ2n) is 9.43. The van der Waals surface area contributed by atoms with Crippen LogP contribution >= 0.6 is 0 Å². The quantitative estimate of drug-likeness (QED) is 0.664. The highest BCUT2D eigenvalue weighted by molar-refractivity contribution is 5.98. The molecule has 1 aliphatic heterocycles. The number of rotatable bonds is 7. The van der Waals surface area contributed by atoms with Crippen molar-refractivity contribution < 1.29 is 27.5 Å². The van der Waals surface area contributed by atoms with Gasteiger partial charge >= 0.3 is 6.18 Å². The second-order valence-corrected chi connectivity index (χ2v) is 9.43. The minimum absolute atomic E-state index is 0.0321. The zero-order chi connectivity index (χ0) is 24.3. The fourth-order valence-electron chi connectivity index (χ4n) is 5.06. The summed E-state index contributed by atoms with van der Waals surface area (Å²) in [6.45, 7) is 5.40. The summed E-state index contributed by atoms with van der Waals surface area (Å²) in [6.07, 6.45) is -1.33. The normalized spacial score (nSPS) is 26.3. The molecule has 4 atom stereocenters. The lowest BCUT2D eigenvalue weighted by atomic mass is 9.80. The zero-order valence-corrected chi connectivity index (χ0v) is 19.7. The number of likely N-dealkylation sites (tertiary alicyclic amines) is 1. The second kappa shape index (κ2) is 10.4. The lowest BCUT2D eigenvalue weighted by Gasteiger charge is -2.44. The molecule has 1 N–H and O–H groups in total. The Morgan fingerprint density at radius 1 is 1.27 bits per heavy atom. The maximum absolute atomic E-state index is 13.2. The van der Waals surface area contributed by atoms with Crippen molar-refractivity contribution >= 4 is 11.8 Å². The topological polar surface area (TPSA) is 61.9 Å². The number of nitrogens with zero attached hydrogens (tertiary/aromatic N) is 2. The number of nitrogens with one attached hydrogen (secondary N) is 1. The fraction of sp³-hybridized carbons (Fsp3) is 0.667. The number of hydrogen-bond donors (Lipinski definition) is 1. The van der Waals surface area contributed by atoms with E-state index in [0.717, 1.165) is 31.4 Å². The number of methoxy groups -OCH3 is 1. The van der Waals surface area contributed by atoms with E-state index in [-0.39, 0.29) is 23.4 Å². The summed E-state index contributed by atoms with van der Waals surface area (Å²) in [4.78, 5) is 29.9. The van der Waals surface area contributed by atoms with E-state index in [1.54, 1.807) is 7.11 Å². The van der Waals surface area contributed by atoms with Crippen molar-refractivity contribution in [2.45, 2.75) is 69.9 Å². The first-order valence-electron chi connectivity index (χ1n) is 11.5. The van der Waals surface area contributed by atoms with Gasteiger partial charge in [-0.2, -0.15) is 13.2 Å². The molecule has 0 aromatic heterocycles. The summed E-state index contributed by atoms with van der Waals surface area (Å²) in [5.74, 6) is -0.647. The van der Waals surface area contributed by atoms with Crippen LogP contribution in [-0.2, 0) is 15.7 Å². The lowest BCUT2D eigenvalue weighted by molar-refractivity contribution is -0.137. The van der Waals surface area contributed by atoms with Gasteiger partial charge in [-0.05, 0) is 64.8 Å². The van der Waals surface area contributed by atoms with Gasteiger partial charge in [-0.3, -0.25) is 9.59 Å². The summed E-state index contributed by atoms with van der Waals surface area (Å²) in [7, 11) is 3.79. The summed E-state index contributed by atoms with van der Waals surface area (Å²) in [6, 6.07) is 4.41. The van der Waals surface area contributed by atoms with Gasteiger partial charge in [-0.15, -0.1) is 0 Å². The van der Waals surface area contributed by atoms with Crippen molar-refractivity contribution in [1.82, 2.24) is 15.1 Å². The third kappa shape index (κ3) is 5.87. The molecule has 2 amide bonds. The average molecular weight is 470 g/mol. The van der Waals surface area contributed by atoms with Crippen LogP contribution in [0, 0.1) is 5.92 Å². The average Bonchev–Trinajstić information content (AvgIpc) is 3.12. The summed E-state index contributed by atoms with van der Waals surface area (Å²) >= 11 is 0. The van der Waals surface area contributed by atoms with Gasteiger partial charge in [-0.1, -0.05) is 6.07 Å². The Morgan fingerprint density at radius 3 is 2.64 bits per heavy atom. The Kier molecular flexibility index (Phi) is 8.05. The third-order valence-electron chi connectivity index (χ3n) is 7.08. The van der Waals surface area contributed by atoms with Crippen LogP contribution in [0.4, 0.5) is 13.2 Å². The van der Waals surface area contributed by atoms with Crippen molar-refractivity contribution in [2.75, 3.05) is 27.3 Å². The molecular weight excluding hydrogens is 435 g/mol. The highest BCUT2D eigenvalue weighted by Gasteiger charge is 2.43. The largest absolute Gasteiger partial charge is 0.416 e. The minimum atomic E-state index is -4.53. The maximum atomic E-state index is 13.2. The molecular formula is C24H34F3N3O3. The Labute approximate surface area is 193 Å². The minimum Gasteiger partial charge on any atom is -0.384 e. The van der Waals surface area contributed by atoms with Crippen molar-refractivity contribution in [1.29, 1.82) is 0 Å². The SMILES string of the molecule is COC[C@@H]1C[C@H](N(C)C(C)C)CC[C@@H]1N1CCC(NC(=O)c2cccc(C(F)(F)F)c2)C1=O. The Morgan fingerprint density at radius 2 is 2.00 bits per heavy atom. The van der Waals surface area contributed by atoms with Gasteiger partial charge in [0.15, 0.2) is 0 Å². The van der Waals surface area contributed by atoms with Gasteiger partial charge in [-0.25, -0.2) is 0 Å². The smallest absolute Gasteiger partial charge is 0.384 e. The molecule has 1 unspecified atom stereocenters. The van der Waals surface area contributed by atoms with Crippen molar-refractivity contribution in [3.63, 3.8) is 0 Å². The maximum Gasteiger partial charge on any atom is 0.416 e. The first-order valence-corrected chi connectivity index (χ1v) is 11.5. The molecule has 0 spiro atoms. The van der Waals surface area contributed by atoms with E-state index in [2.05, 4.69) is 31.1 Å². The molecule has 6 nitrogen and oxygen atoms in total. The first-order chi connectivity index (χ1) is 15.5. The van der Waals surface area contributed by atoms with E-state index in [0.29, 0.717) is 31.7 Å². The van der Waals surface area contributed by atoms with Gasteiger partial charge in [0.05, 0.1) is 12.2 Å². The highest BCUT2D eigenvalue weighted by Crippen LogP contribution is 2.34. The van der Waals surface area contributed by atoms with E-state index < -0.39 is 23.7 Å². The molecule has 1 aromatic carbocycles. The van der Waals surface area contributed by atoms with E-state index >= 15 is 0 Å². The van der Waals surface area contributed by atoms with Gasteiger partial charge in [0.2, 0.25) is 5.91 Å². The Bertz CT molecular complexity index is 846. The first kappa shape index (κ1) is 25.5. The molecule has 1 saturated heterocycles. The van der Waals surface area contributed by atoms with E-state index in [9.17, 15) is 22.8 Å². The monoisotopic (exact) mass is 469 g/mol. The third-order valence-corrected chi connectivity index (χ3v) is 7.08. The predicted octanol–water partition coefficient (Wildman–Crippen LogP) is 3.56. The molecule has 9 heteroatoms. The standard InChI is InChI=1S/C24H34F3N3O3/c1-15(2)29(3)19-8-9-21(17(13-19)14-33-4)30-11-10-20(23(30)32)28-22(31)16-6-5-7-18(12-16)24(25,26)27/h5-7,12,15,17,19-21H,8-11,13-14H2,1-4H3,(H,28,31)/t17-,19+,20?,21-/m0/s1. The molecule has 2 aliphatic rings. The van der Waals surface area contributed by atoms with Crippen LogP contribution in [0.25, 0.3) is 0 Å². The van der Waals surface area contributed by atoms with Crippen LogP contribution in [0.15, 0.2) is 24.3 Å². The van der Waals surface area contributed by atoms with E-state index in [4.69, 9.17) is 4.74 Å². The number of ether oxygens (including phenoxy) is 1. The zero-order valence-electron chi connectivity index (χ0n) is 19.7. The number of halogens is 3. The molecule has 1 aromatic rings. The molecule has 2 fully saturated rings. The van der Waals surface area contributed by atoms with E-state index in [1.807, 2.05) is 4.90 Å². The van der Waals surface area contributed by atoms with Gasteiger partial charge in [0, 0.05) is 43.3 Å². The molecule has 0 radical (unpaired) electrons. The summed E-state index contributed by atoms with van der Waals surface area (Å²) in [5, 5.41) is 2.64. The van der Waals surface area contributed by atoms with Crippen molar-refractivity contribution in [3.8, 4) is 0 Å². The van der Waals surface area contributed by atoms with Crippen LogP contribution in [0.3, 0.4) is 0 Å². The molecule has 33 heavy (non-hydrogen) atoms. The molecule has 1 heterocycles. The molecule has 1 saturated carbocycles. The van der Waals surface area contributed by atoms with Gasteiger partial charge < -0.3 is 19.9 Å². The molecule has 3 rings (SSSR count). The van der Waals surface area contributed by atoms with Crippen LogP contribution in [0.2, 0.25) is 0 Å². The van der Waals surface area contributed by atoms with Crippen LogP contribution in [0.1, 0.15) is 55.5 Å². The van der Waals surface area contributed by atoms with Crippen molar-refractivity contribution in [2.24, 2.45) is 5.92 Å². The number of hydrogen-bond acceptors (Lipinski definition) is 4. The molecule has 184 valence electrons. The number of alkyl halides is 3. The van der Waals surface area contributed by atoms with Crippen LogP contribution in [0.5, 0.6) is 0 Å². The molecule has 1 aliphatic carbocycles. The molecule has 0 bridgehead atoms. The highest BCUT2D eigenvalue weighted by atomic mass is 19.4. The number of amides is 2. The van der Waals surface area contributed by atoms with Crippen LogP contribution in [-0.4, -0.2) is 73.1 Å². The summed E-state index contributed by atoms with van der Waals surface area (Å²) in [5.41, 5.74) is -0.995. The van der Waals surface area contributed by atoms with Crippen LogP contribution < -0.4 is 5.32 Å². The predicted molar refractivity (Wildman–Crippen MR) is 119 cm³/mol. The number of carbonyl (C=O) groups is 2. The van der Waals surface area contributed by atoms with Gasteiger partial charge in [0.25, 0.3) is 5.91 Å². The van der Waals surface area contributed by atoms with E-state index in [1.165, 1.54) is 12.1 Å². The Hall–Kier alpha value is -2.13. The van der Waals surface area contributed by atoms with Crippen molar-refractivity contribution in [3.05, 3.63) is 35.4 Å². The van der Waals surface area contributed by atoms with Gasteiger partial charge in [0.1, 0.15) is 6.04 Å². The number of carbonyl (C=O) groups excluding carboxylic acids is 2.